The minimum Gasteiger partial charge on any atom is -0.508 e. The molecule has 0 saturated heterocycles. The third-order valence-corrected chi connectivity index (χ3v) is 8.47. The van der Waals surface area contributed by atoms with Gasteiger partial charge in [0.15, 0.2) is 11.6 Å². The lowest BCUT2D eigenvalue weighted by molar-refractivity contribution is -0.139. The van der Waals surface area contributed by atoms with Crippen LogP contribution in [-0.2, 0) is 16.1 Å². The largest absolute Gasteiger partial charge is 0.508 e. The van der Waals surface area contributed by atoms with Gasteiger partial charge in [0.25, 0.3) is 0 Å². The number of benzene rings is 2. The van der Waals surface area contributed by atoms with Crippen molar-refractivity contribution >= 4 is 11.6 Å². The number of allylic oxidation sites excluding steroid dienone is 4. The summed E-state index contributed by atoms with van der Waals surface area (Å²) in [5, 5.41) is 10.2. The first kappa shape index (κ1) is 23.2. The molecule has 2 heterocycles. The maximum atomic E-state index is 13.8. The van der Waals surface area contributed by atoms with Crippen LogP contribution in [0, 0.1) is 18.3 Å². The Hall–Kier alpha value is -4.20. The van der Waals surface area contributed by atoms with Crippen molar-refractivity contribution in [3.8, 4) is 11.4 Å². The van der Waals surface area contributed by atoms with Crippen molar-refractivity contribution in [2.45, 2.75) is 45.7 Å². The molecule has 0 amide bonds. The first-order valence-electron chi connectivity index (χ1n) is 12.4. The van der Waals surface area contributed by atoms with E-state index >= 15 is 0 Å². The number of aryl methyl sites for hydroxylation is 1. The average molecular weight is 498 g/mol. The summed E-state index contributed by atoms with van der Waals surface area (Å²) in [6.07, 6.45) is 3.58. The molecule has 3 aromatic rings. The first-order valence-corrected chi connectivity index (χ1v) is 12.4. The van der Waals surface area contributed by atoms with Crippen molar-refractivity contribution in [1.29, 1.82) is 0 Å². The molecule has 37 heavy (non-hydrogen) atoms. The summed E-state index contributed by atoms with van der Waals surface area (Å²) < 4.78 is 4.04. The topological polar surface area (TPSA) is 103 Å². The number of nitrogens with zero attached hydrogens (tertiary/aromatic N) is 3. The van der Waals surface area contributed by atoms with Gasteiger partial charge < -0.3 is 5.11 Å². The molecular formula is C29H27N3O5. The van der Waals surface area contributed by atoms with Gasteiger partial charge in [-0.2, -0.15) is 0 Å². The molecule has 3 aliphatic rings. The number of carbonyl (C=O) groups excluding carboxylic acids is 2. The van der Waals surface area contributed by atoms with Crippen molar-refractivity contribution in [3.05, 3.63) is 104 Å². The van der Waals surface area contributed by atoms with Crippen LogP contribution in [0.1, 0.15) is 43.4 Å². The van der Waals surface area contributed by atoms with E-state index in [-0.39, 0.29) is 30.3 Å². The van der Waals surface area contributed by atoms with Gasteiger partial charge in [-0.1, -0.05) is 43.3 Å². The number of carbonyl (C=O) groups is 2. The molecule has 0 unspecified atom stereocenters. The van der Waals surface area contributed by atoms with Gasteiger partial charge in [-0.15, -0.1) is 0 Å². The summed E-state index contributed by atoms with van der Waals surface area (Å²) in [7, 11) is 0. The minimum absolute atomic E-state index is 0.0932. The molecule has 4 atom stereocenters. The number of hydrogen-bond donors (Lipinski definition) is 1. The van der Waals surface area contributed by atoms with Crippen LogP contribution >= 0.6 is 0 Å². The molecule has 2 aromatic carbocycles. The highest BCUT2D eigenvalue weighted by molar-refractivity contribution is 6.13. The molecule has 1 fully saturated rings. The fourth-order valence-corrected chi connectivity index (χ4v) is 6.69. The summed E-state index contributed by atoms with van der Waals surface area (Å²) in [5.74, 6) is -1.27. The van der Waals surface area contributed by atoms with E-state index in [9.17, 15) is 24.3 Å². The number of para-hydroxylation sites is 1. The van der Waals surface area contributed by atoms with Crippen molar-refractivity contribution in [3.63, 3.8) is 0 Å². The van der Waals surface area contributed by atoms with Crippen molar-refractivity contribution < 1.29 is 14.7 Å². The average Bonchev–Trinajstić information content (AvgIpc) is 3.14. The molecule has 0 radical (unpaired) electrons. The molecule has 1 aliphatic heterocycles. The van der Waals surface area contributed by atoms with E-state index in [2.05, 4.69) is 0 Å². The van der Waals surface area contributed by atoms with Gasteiger partial charge >= 0.3 is 11.4 Å². The number of ketones is 2. The van der Waals surface area contributed by atoms with E-state index in [1.807, 2.05) is 25.1 Å². The number of phenols is 1. The monoisotopic (exact) mass is 497 g/mol. The fourth-order valence-electron chi connectivity index (χ4n) is 6.69. The smallest absolute Gasteiger partial charge is 0.352 e. The molecule has 1 aromatic heterocycles. The van der Waals surface area contributed by atoms with Crippen LogP contribution in [0.2, 0.25) is 0 Å². The summed E-state index contributed by atoms with van der Waals surface area (Å²) in [4.78, 5) is 54.3. The second kappa shape index (κ2) is 7.90. The number of fused-ring (bicyclic) bond motifs is 4. The third kappa shape index (κ3) is 3.08. The molecule has 2 aliphatic carbocycles. The molecule has 1 N–H and O–H groups in total. The van der Waals surface area contributed by atoms with Gasteiger partial charge in [0.05, 0.1) is 23.7 Å². The van der Waals surface area contributed by atoms with Gasteiger partial charge in [-0.3, -0.25) is 9.59 Å². The Bertz CT molecular complexity index is 1670. The third-order valence-electron chi connectivity index (χ3n) is 8.47. The van der Waals surface area contributed by atoms with Crippen LogP contribution in [0.5, 0.6) is 5.75 Å². The van der Waals surface area contributed by atoms with Gasteiger partial charge in [0.2, 0.25) is 0 Å². The lowest BCUT2D eigenvalue weighted by Crippen LogP contribution is -2.54. The van der Waals surface area contributed by atoms with E-state index in [0.29, 0.717) is 16.8 Å². The zero-order valence-corrected chi connectivity index (χ0v) is 20.8. The van der Waals surface area contributed by atoms with E-state index in [1.54, 1.807) is 50.2 Å². The molecule has 0 spiro atoms. The Balaban J connectivity index is 1.60. The molecule has 6 rings (SSSR count). The Kier molecular flexibility index (Phi) is 4.96. The molecule has 188 valence electrons. The number of hydrogen-bond acceptors (Lipinski definition) is 5. The predicted molar refractivity (Wildman–Crippen MR) is 137 cm³/mol. The SMILES string of the molecule is CC1=CC(=O)[C@@H]2C[C@@H]3C(=CCn4c(=O)n(-c5ccccc5)c(=O)n43)[C@H](c3ccc(O)c(C)c3)[C@]2(C)C1=O. The van der Waals surface area contributed by atoms with E-state index in [1.165, 1.54) is 15.4 Å². The Morgan fingerprint density at radius 2 is 1.70 bits per heavy atom. The van der Waals surface area contributed by atoms with Crippen molar-refractivity contribution in [1.82, 2.24) is 13.9 Å². The highest BCUT2D eigenvalue weighted by atomic mass is 16.3. The summed E-state index contributed by atoms with van der Waals surface area (Å²) in [6.45, 7) is 5.47. The fraction of sp³-hybridized carbons (Fsp3) is 0.310. The second-order valence-corrected chi connectivity index (χ2v) is 10.5. The van der Waals surface area contributed by atoms with Gasteiger partial charge in [-0.25, -0.2) is 23.5 Å². The van der Waals surface area contributed by atoms with Crippen LogP contribution in [0.3, 0.4) is 0 Å². The maximum Gasteiger partial charge on any atom is 0.352 e. The minimum atomic E-state index is -1.06. The van der Waals surface area contributed by atoms with Crippen LogP contribution < -0.4 is 11.4 Å². The van der Waals surface area contributed by atoms with Gasteiger partial charge in [-0.05, 0) is 66.8 Å². The van der Waals surface area contributed by atoms with Gasteiger partial charge in [0, 0.05) is 11.8 Å². The lowest BCUT2D eigenvalue weighted by atomic mass is 9.51. The van der Waals surface area contributed by atoms with Crippen LogP contribution in [0.25, 0.3) is 5.69 Å². The summed E-state index contributed by atoms with van der Waals surface area (Å²) >= 11 is 0. The number of Topliss-reactive ketones (excluding diaryl/α,β-unsaturated/α-hetero) is 1. The van der Waals surface area contributed by atoms with E-state index in [4.69, 9.17) is 0 Å². The van der Waals surface area contributed by atoms with E-state index < -0.39 is 34.7 Å². The molecule has 0 bridgehead atoms. The first-order chi connectivity index (χ1) is 17.6. The van der Waals surface area contributed by atoms with Crippen molar-refractivity contribution in [2.75, 3.05) is 0 Å². The Labute approximate surface area is 212 Å². The zero-order chi connectivity index (χ0) is 26.2. The highest BCUT2D eigenvalue weighted by Crippen LogP contribution is 2.59. The predicted octanol–water partition coefficient (Wildman–Crippen LogP) is 3.20. The maximum absolute atomic E-state index is 13.8. The number of phenolic OH excluding ortho intramolecular Hbond substituents is 1. The summed E-state index contributed by atoms with van der Waals surface area (Å²) in [6, 6.07) is 13.4. The standard InChI is InChI=1S/C29H27N3O5/c1-16-13-18(9-10-23(16)33)25-20-11-12-30-27(36)31(19-7-5-4-6-8-19)28(37)32(30)22(20)15-21-24(34)14-17(2)26(35)29(21,25)3/h4-11,13-14,21-22,25,33H,12,15H2,1-3H3/t21-,22+,25-,29+/m0/s1. The summed E-state index contributed by atoms with van der Waals surface area (Å²) in [5.41, 5.74) is 1.20. The van der Waals surface area contributed by atoms with Crippen molar-refractivity contribution in [2.24, 2.45) is 11.3 Å². The van der Waals surface area contributed by atoms with Crippen LogP contribution in [-0.4, -0.2) is 30.6 Å². The lowest BCUT2D eigenvalue weighted by Gasteiger charge is -2.52. The molecule has 1 saturated carbocycles. The zero-order valence-electron chi connectivity index (χ0n) is 20.8. The Morgan fingerprint density at radius 3 is 2.41 bits per heavy atom. The number of aromatic hydroxyl groups is 1. The number of aromatic nitrogens is 3. The molecule has 8 heteroatoms. The normalized spacial score (nSPS) is 26.6. The van der Waals surface area contributed by atoms with Crippen LogP contribution in [0.15, 0.2) is 81.4 Å². The Morgan fingerprint density at radius 1 is 0.973 bits per heavy atom. The quantitative estimate of drug-likeness (QED) is 0.548. The molecular weight excluding hydrogens is 470 g/mol. The van der Waals surface area contributed by atoms with E-state index in [0.717, 1.165) is 15.7 Å². The van der Waals surface area contributed by atoms with Gasteiger partial charge in [0.1, 0.15) is 5.75 Å². The van der Waals surface area contributed by atoms with Crippen LogP contribution in [0.4, 0.5) is 0 Å². The highest BCUT2D eigenvalue weighted by Gasteiger charge is 2.59. The second-order valence-electron chi connectivity index (χ2n) is 10.5. The molecule has 8 nitrogen and oxygen atoms in total. The number of rotatable bonds is 2.